The molecule has 0 spiro atoms. The third kappa shape index (κ3) is 3.75. The van der Waals surface area contributed by atoms with E-state index in [0.29, 0.717) is 22.7 Å². The highest BCUT2D eigenvalue weighted by Gasteiger charge is 2.22. The third-order valence-electron chi connectivity index (χ3n) is 4.22. The van der Waals surface area contributed by atoms with E-state index >= 15 is 0 Å². The Bertz CT molecular complexity index is 978. The Hall–Kier alpha value is -3.00. The number of rotatable bonds is 7. The van der Waals surface area contributed by atoms with Crippen LogP contribution in [-0.2, 0) is 11.0 Å². The highest BCUT2D eigenvalue weighted by atomic mass is 32.2. The lowest BCUT2D eigenvalue weighted by Crippen LogP contribution is -2.12. The fourth-order valence-corrected chi connectivity index (χ4v) is 3.80. The second-order valence-corrected chi connectivity index (χ2v) is 7.12. The normalized spacial score (nSPS) is 14.4. The number of halogens is 1. The standard InChI is InChI=1S/C19H19FN4O2S/c1-22-19-14(10-21)15(11-23-19)18(25)13-8-5-9-16(17(13)20)24-27(26)12-6-3-2-4-7-12/h2-3,5-6,8-11,21-24H,4,7H2,1H3. The number of H-pyrrole nitrogens is 1. The number of benzene rings is 1. The van der Waals surface area contributed by atoms with E-state index in [9.17, 15) is 13.4 Å². The minimum absolute atomic E-state index is 0.00425. The first-order valence-electron chi connectivity index (χ1n) is 8.33. The fourth-order valence-electron chi connectivity index (χ4n) is 2.81. The van der Waals surface area contributed by atoms with E-state index in [2.05, 4.69) is 15.0 Å². The van der Waals surface area contributed by atoms with Crippen LogP contribution in [0.4, 0.5) is 15.9 Å². The van der Waals surface area contributed by atoms with E-state index in [1.165, 1.54) is 24.4 Å². The number of nitrogens with one attached hydrogen (secondary N) is 4. The molecule has 0 aliphatic heterocycles. The van der Waals surface area contributed by atoms with Crippen LogP contribution < -0.4 is 10.0 Å². The van der Waals surface area contributed by atoms with E-state index in [1.807, 2.05) is 12.2 Å². The van der Waals surface area contributed by atoms with Crippen molar-refractivity contribution >= 4 is 34.5 Å². The van der Waals surface area contributed by atoms with Gasteiger partial charge in [0.2, 0.25) is 0 Å². The molecular weight excluding hydrogens is 367 g/mol. The highest BCUT2D eigenvalue weighted by molar-refractivity contribution is 7.90. The Kier molecular flexibility index (Phi) is 5.66. The second-order valence-electron chi connectivity index (χ2n) is 5.85. The van der Waals surface area contributed by atoms with Gasteiger partial charge in [-0.15, -0.1) is 0 Å². The first kappa shape index (κ1) is 18.8. The number of allylic oxidation sites excluding steroid dienone is 4. The van der Waals surface area contributed by atoms with Gasteiger partial charge in [0, 0.05) is 29.9 Å². The van der Waals surface area contributed by atoms with Crippen LogP contribution in [0.3, 0.4) is 0 Å². The number of aromatic amines is 1. The lowest BCUT2D eigenvalue weighted by atomic mass is 10.0. The Morgan fingerprint density at radius 2 is 2.19 bits per heavy atom. The molecule has 3 rings (SSSR count). The number of hydrogen-bond acceptors (Lipinski definition) is 4. The summed E-state index contributed by atoms with van der Waals surface area (Å²) < 4.78 is 30.0. The molecule has 2 aromatic rings. The summed E-state index contributed by atoms with van der Waals surface area (Å²) >= 11 is 0. The monoisotopic (exact) mass is 386 g/mol. The van der Waals surface area contributed by atoms with Crippen LogP contribution in [0.25, 0.3) is 0 Å². The lowest BCUT2D eigenvalue weighted by Gasteiger charge is -2.13. The summed E-state index contributed by atoms with van der Waals surface area (Å²) in [5, 5.41) is 10.4. The number of hydrogen-bond donors (Lipinski definition) is 4. The van der Waals surface area contributed by atoms with E-state index < -0.39 is 22.6 Å². The van der Waals surface area contributed by atoms with Crippen molar-refractivity contribution in [3.63, 3.8) is 0 Å². The van der Waals surface area contributed by atoms with Gasteiger partial charge in [0.15, 0.2) is 11.6 Å². The summed E-state index contributed by atoms with van der Waals surface area (Å²) in [6.07, 6.45) is 9.42. The minimum Gasteiger partial charge on any atom is -0.374 e. The van der Waals surface area contributed by atoms with Gasteiger partial charge in [-0.2, -0.15) is 0 Å². The molecule has 1 unspecified atom stereocenters. The maximum atomic E-state index is 14.9. The first-order chi connectivity index (χ1) is 13.1. The number of carbonyl (C=O) groups excluding carboxylic acids is 1. The van der Waals surface area contributed by atoms with Crippen LogP contribution in [-0.4, -0.2) is 28.2 Å². The van der Waals surface area contributed by atoms with Crippen molar-refractivity contribution in [1.29, 1.82) is 5.41 Å². The third-order valence-corrected chi connectivity index (χ3v) is 5.44. The molecule has 1 aromatic heterocycles. The van der Waals surface area contributed by atoms with Gasteiger partial charge in [-0.05, 0) is 31.1 Å². The predicted octanol–water partition coefficient (Wildman–Crippen LogP) is 3.73. The molecule has 4 N–H and O–H groups in total. The quantitative estimate of drug-likeness (QED) is 0.431. The molecule has 0 bridgehead atoms. The van der Waals surface area contributed by atoms with Gasteiger partial charge in [0.05, 0.1) is 16.8 Å². The molecule has 6 nitrogen and oxygen atoms in total. The lowest BCUT2D eigenvalue weighted by molar-refractivity contribution is 0.103. The van der Waals surface area contributed by atoms with Gasteiger partial charge in [-0.3, -0.25) is 9.52 Å². The molecule has 140 valence electrons. The molecule has 0 saturated heterocycles. The van der Waals surface area contributed by atoms with Gasteiger partial charge in [-0.25, -0.2) is 8.60 Å². The molecule has 1 heterocycles. The van der Waals surface area contributed by atoms with Gasteiger partial charge in [0.1, 0.15) is 16.8 Å². The number of aromatic nitrogens is 1. The Labute approximate surface area is 158 Å². The summed E-state index contributed by atoms with van der Waals surface area (Å²) in [6.45, 7) is 0. The van der Waals surface area contributed by atoms with Crippen molar-refractivity contribution < 1.29 is 13.4 Å². The Morgan fingerprint density at radius 3 is 2.85 bits per heavy atom. The molecule has 8 heteroatoms. The molecule has 1 aromatic carbocycles. The van der Waals surface area contributed by atoms with Gasteiger partial charge in [-0.1, -0.05) is 18.2 Å². The second kappa shape index (κ2) is 8.13. The molecular formula is C19H19FN4O2S. The zero-order valence-corrected chi connectivity index (χ0v) is 15.5. The molecule has 1 aliphatic carbocycles. The SMILES string of the molecule is CNc1[nH]cc(C(=O)c2cccc(NS(=O)C3=CC=CCC3)c2F)c1C=N. The average molecular weight is 386 g/mol. The molecule has 0 fully saturated rings. The largest absolute Gasteiger partial charge is 0.374 e. The molecule has 1 aliphatic rings. The first-order valence-corrected chi connectivity index (χ1v) is 9.48. The van der Waals surface area contributed by atoms with Crippen LogP contribution in [0.2, 0.25) is 0 Å². The van der Waals surface area contributed by atoms with Gasteiger partial charge < -0.3 is 15.7 Å². The van der Waals surface area contributed by atoms with Gasteiger partial charge >= 0.3 is 0 Å². The van der Waals surface area contributed by atoms with Crippen LogP contribution >= 0.6 is 0 Å². The summed E-state index contributed by atoms with van der Waals surface area (Å²) in [6, 6.07) is 4.34. The van der Waals surface area contributed by atoms with Crippen molar-refractivity contribution in [2.75, 3.05) is 17.1 Å². The minimum atomic E-state index is -1.58. The molecule has 0 saturated carbocycles. The maximum absolute atomic E-state index is 14.9. The van der Waals surface area contributed by atoms with E-state index in [-0.39, 0.29) is 16.8 Å². The number of anilines is 2. The molecule has 0 radical (unpaired) electrons. The molecule has 27 heavy (non-hydrogen) atoms. The van der Waals surface area contributed by atoms with Crippen LogP contribution in [0, 0.1) is 11.2 Å². The predicted molar refractivity (Wildman–Crippen MR) is 106 cm³/mol. The summed E-state index contributed by atoms with van der Waals surface area (Å²) in [4.78, 5) is 16.3. The molecule has 1 atom stereocenters. The fraction of sp³-hybridized carbons (Fsp3) is 0.158. The average Bonchev–Trinajstić information content (AvgIpc) is 3.12. The summed E-state index contributed by atoms with van der Waals surface area (Å²) in [7, 11) is 0.0746. The van der Waals surface area contributed by atoms with E-state index in [0.717, 1.165) is 12.6 Å². The zero-order valence-electron chi connectivity index (χ0n) is 14.6. The van der Waals surface area contributed by atoms with E-state index in [4.69, 9.17) is 5.41 Å². The van der Waals surface area contributed by atoms with Crippen molar-refractivity contribution in [3.8, 4) is 0 Å². The highest BCUT2D eigenvalue weighted by Crippen LogP contribution is 2.26. The van der Waals surface area contributed by atoms with Gasteiger partial charge in [0.25, 0.3) is 0 Å². The van der Waals surface area contributed by atoms with Crippen LogP contribution in [0.1, 0.15) is 34.3 Å². The summed E-state index contributed by atoms with van der Waals surface area (Å²) in [5.41, 5.74) is 0.379. The van der Waals surface area contributed by atoms with Crippen molar-refractivity contribution in [1.82, 2.24) is 4.98 Å². The zero-order chi connectivity index (χ0) is 19.4. The van der Waals surface area contributed by atoms with Crippen LogP contribution in [0.15, 0.2) is 47.5 Å². The number of ketones is 1. The maximum Gasteiger partial charge on any atom is 0.198 e. The topological polar surface area (TPSA) is 97.8 Å². The summed E-state index contributed by atoms with van der Waals surface area (Å²) in [5.74, 6) is -0.828. The van der Waals surface area contributed by atoms with Crippen LogP contribution in [0.5, 0.6) is 0 Å². The van der Waals surface area contributed by atoms with Crippen molar-refractivity contribution in [2.24, 2.45) is 0 Å². The van der Waals surface area contributed by atoms with Crippen molar-refractivity contribution in [2.45, 2.75) is 12.8 Å². The van der Waals surface area contributed by atoms with Crippen molar-refractivity contribution in [3.05, 3.63) is 70.0 Å². The smallest absolute Gasteiger partial charge is 0.198 e. The molecule has 0 amide bonds. The Balaban J connectivity index is 1.91. The van der Waals surface area contributed by atoms with E-state index in [1.54, 1.807) is 13.1 Å². The Morgan fingerprint density at radius 1 is 1.37 bits per heavy atom. The number of carbonyl (C=O) groups is 1.